The van der Waals surface area contributed by atoms with E-state index in [1.54, 1.807) is 11.0 Å². The topological polar surface area (TPSA) is 58.6 Å². The monoisotopic (exact) mass is 266 g/mol. The predicted octanol–water partition coefficient (Wildman–Crippen LogP) is 1.69. The molecule has 106 valence electrons. The van der Waals surface area contributed by atoms with Gasteiger partial charge in [0.25, 0.3) is 0 Å². The van der Waals surface area contributed by atoms with Crippen molar-refractivity contribution in [3.8, 4) is 0 Å². The molecule has 2 heterocycles. The minimum atomic E-state index is -0.468. The summed E-state index contributed by atoms with van der Waals surface area (Å²) < 4.78 is 5.39. The molecular formula is C14H22N2O3. The standard InChI is InChI=1S/C14H22N2O3/c1-13(2,3)19-12(18)16-8-7-14(10-16)6-4-5-11(17)15-9-14/h4-5H,6-10H2,1-3H3,(H,15,17). The first kappa shape index (κ1) is 13.9. The average molecular weight is 266 g/mol. The lowest BCUT2D eigenvalue weighted by Gasteiger charge is -2.28. The van der Waals surface area contributed by atoms with Gasteiger partial charge in [-0.1, -0.05) is 6.08 Å². The van der Waals surface area contributed by atoms with E-state index >= 15 is 0 Å². The third-order valence-corrected chi connectivity index (χ3v) is 3.55. The first-order valence-corrected chi connectivity index (χ1v) is 6.72. The first-order chi connectivity index (χ1) is 8.80. The summed E-state index contributed by atoms with van der Waals surface area (Å²) in [5.74, 6) is -0.0485. The summed E-state index contributed by atoms with van der Waals surface area (Å²) in [5.41, 5.74) is -0.496. The zero-order valence-corrected chi connectivity index (χ0v) is 11.9. The van der Waals surface area contributed by atoms with Crippen molar-refractivity contribution >= 4 is 12.0 Å². The second kappa shape index (κ2) is 4.87. The molecule has 2 rings (SSSR count). The molecule has 1 fully saturated rings. The summed E-state index contributed by atoms with van der Waals surface area (Å²) in [7, 11) is 0. The van der Waals surface area contributed by atoms with Gasteiger partial charge >= 0.3 is 6.09 Å². The van der Waals surface area contributed by atoms with Gasteiger partial charge in [-0.3, -0.25) is 4.79 Å². The minimum absolute atomic E-state index is 0.0282. The summed E-state index contributed by atoms with van der Waals surface area (Å²) >= 11 is 0. The lowest BCUT2D eigenvalue weighted by atomic mass is 9.84. The number of allylic oxidation sites excluding steroid dienone is 1. The van der Waals surface area contributed by atoms with Crippen LogP contribution < -0.4 is 5.32 Å². The molecule has 0 radical (unpaired) electrons. The van der Waals surface area contributed by atoms with E-state index < -0.39 is 5.60 Å². The van der Waals surface area contributed by atoms with Crippen LogP contribution in [-0.2, 0) is 9.53 Å². The molecule has 1 saturated heterocycles. The van der Waals surface area contributed by atoms with Crippen molar-refractivity contribution in [1.82, 2.24) is 10.2 Å². The van der Waals surface area contributed by atoms with Crippen LogP contribution in [0.1, 0.15) is 33.6 Å². The Hall–Kier alpha value is -1.52. The summed E-state index contributed by atoms with van der Waals surface area (Å²) in [6.07, 6.45) is 4.94. The molecule has 0 aromatic heterocycles. The first-order valence-electron chi connectivity index (χ1n) is 6.72. The Kier molecular flexibility index (Phi) is 3.56. The maximum Gasteiger partial charge on any atom is 0.410 e. The molecule has 5 nitrogen and oxygen atoms in total. The summed E-state index contributed by atoms with van der Waals surface area (Å²) in [4.78, 5) is 25.1. The average Bonchev–Trinajstić information content (AvgIpc) is 2.60. The number of likely N-dealkylation sites (tertiary alicyclic amines) is 1. The van der Waals surface area contributed by atoms with Gasteiger partial charge < -0.3 is 15.0 Å². The van der Waals surface area contributed by atoms with E-state index in [2.05, 4.69) is 5.32 Å². The second-order valence-corrected chi connectivity index (χ2v) is 6.48. The Morgan fingerprint density at radius 2 is 2.21 bits per heavy atom. The molecule has 0 aromatic rings. The van der Waals surface area contributed by atoms with Crippen LogP contribution in [0.4, 0.5) is 4.79 Å². The van der Waals surface area contributed by atoms with Crippen molar-refractivity contribution < 1.29 is 14.3 Å². The fourth-order valence-electron chi connectivity index (χ4n) is 2.55. The van der Waals surface area contributed by atoms with Crippen molar-refractivity contribution in [3.05, 3.63) is 12.2 Å². The summed E-state index contributed by atoms with van der Waals surface area (Å²) in [6.45, 7) is 7.56. The van der Waals surface area contributed by atoms with Crippen molar-refractivity contribution in [2.45, 2.75) is 39.2 Å². The van der Waals surface area contributed by atoms with Crippen LogP contribution in [0.25, 0.3) is 0 Å². The highest BCUT2D eigenvalue weighted by molar-refractivity contribution is 5.87. The van der Waals surface area contributed by atoms with E-state index in [-0.39, 0.29) is 17.4 Å². The van der Waals surface area contributed by atoms with Crippen molar-refractivity contribution in [3.63, 3.8) is 0 Å². The van der Waals surface area contributed by atoms with Gasteiger partial charge in [0.1, 0.15) is 5.60 Å². The molecule has 1 spiro atoms. The number of rotatable bonds is 0. The number of amides is 2. The normalized spacial score (nSPS) is 27.3. The number of carbonyl (C=O) groups is 2. The highest BCUT2D eigenvalue weighted by atomic mass is 16.6. The minimum Gasteiger partial charge on any atom is -0.444 e. The molecule has 2 aliphatic rings. The van der Waals surface area contributed by atoms with Crippen LogP contribution in [0.5, 0.6) is 0 Å². The van der Waals surface area contributed by atoms with Crippen LogP contribution in [0.2, 0.25) is 0 Å². The zero-order chi connectivity index (χ0) is 14.1. The second-order valence-electron chi connectivity index (χ2n) is 6.48. The fourth-order valence-corrected chi connectivity index (χ4v) is 2.55. The Bertz CT molecular complexity index is 411. The molecule has 1 N–H and O–H groups in total. The Balaban J connectivity index is 1.97. The van der Waals surface area contributed by atoms with Gasteiger partial charge in [-0.2, -0.15) is 0 Å². The van der Waals surface area contributed by atoms with Gasteiger partial charge in [0.15, 0.2) is 0 Å². The van der Waals surface area contributed by atoms with E-state index in [1.807, 2.05) is 26.8 Å². The van der Waals surface area contributed by atoms with Gasteiger partial charge in [0, 0.05) is 25.0 Å². The summed E-state index contributed by atoms with van der Waals surface area (Å²) in [6, 6.07) is 0. The quantitative estimate of drug-likeness (QED) is 0.726. The molecule has 2 aliphatic heterocycles. The largest absolute Gasteiger partial charge is 0.444 e. The lowest BCUT2D eigenvalue weighted by Crippen LogP contribution is -2.40. The number of nitrogens with zero attached hydrogens (tertiary/aromatic N) is 1. The van der Waals surface area contributed by atoms with Gasteiger partial charge in [-0.05, 0) is 39.7 Å². The van der Waals surface area contributed by atoms with Crippen molar-refractivity contribution in [1.29, 1.82) is 0 Å². The highest BCUT2D eigenvalue weighted by Gasteiger charge is 2.41. The molecular weight excluding hydrogens is 244 g/mol. The molecule has 0 bridgehead atoms. The fraction of sp³-hybridized carbons (Fsp3) is 0.714. The highest BCUT2D eigenvalue weighted by Crippen LogP contribution is 2.35. The van der Waals surface area contributed by atoms with E-state index in [1.165, 1.54) is 0 Å². The maximum absolute atomic E-state index is 12.0. The van der Waals surface area contributed by atoms with E-state index in [4.69, 9.17) is 4.74 Å². The SMILES string of the molecule is CC(C)(C)OC(=O)N1CCC2(CC=CC(=O)NC2)C1. The third-order valence-electron chi connectivity index (χ3n) is 3.55. The van der Waals surface area contributed by atoms with Gasteiger partial charge in [0.2, 0.25) is 5.91 Å². The van der Waals surface area contributed by atoms with Crippen molar-refractivity contribution in [2.24, 2.45) is 5.41 Å². The predicted molar refractivity (Wildman–Crippen MR) is 71.6 cm³/mol. The Morgan fingerprint density at radius 1 is 1.47 bits per heavy atom. The maximum atomic E-state index is 12.0. The number of hydrogen-bond donors (Lipinski definition) is 1. The number of ether oxygens (including phenoxy) is 1. The van der Waals surface area contributed by atoms with Crippen LogP contribution in [0.3, 0.4) is 0 Å². The Labute approximate surface area is 114 Å². The number of nitrogens with one attached hydrogen (secondary N) is 1. The van der Waals surface area contributed by atoms with Crippen LogP contribution in [-0.4, -0.2) is 42.1 Å². The van der Waals surface area contributed by atoms with E-state index in [0.717, 1.165) is 12.8 Å². The van der Waals surface area contributed by atoms with Gasteiger partial charge in [-0.15, -0.1) is 0 Å². The molecule has 1 unspecified atom stereocenters. The molecule has 19 heavy (non-hydrogen) atoms. The molecule has 2 amide bonds. The van der Waals surface area contributed by atoms with E-state index in [9.17, 15) is 9.59 Å². The van der Waals surface area contributed by atoms with Crippen LogP contribution in [0, 0.1) is 5.41 Å². The van der Waals surface area contributed by atoms with Crippen molar-refractivity contribution in [2.75, 3.05) is 19.6 Å². The zero-order valence-electron chi connectivity index (χ0n) is 11.9. The molecule has 0 aliphatic carbocycles. The van der Waals surface area contributed by atoms with Gasteiger partial charge in [0.05, 0.1) is 0 Å². The lowest BCUT2D eigenvalue weighted by molar-refractivity contribution is -0.116. The number of hydrogen-bond acceptors (Lipinski definition) is 3. The number of carbonyl (C=O) groups excluding carboxylic acids is 2. The molecule has 0 saturated carbocycles. The smallest absolute Gasteiger partial charge is 0.410 e. The molecule has 1 atom stereocenters. The van der Waals surface area contributed by atoms with Gasteiger partial charge in [-0.25, -0.2) is 4.79 Å². The van der Waals surface area contributed by atoms with E-state index in [0.29, 0.717) is 19.6 Å². The third kappa shape index (κ3) is 3.49. The molecule has 0 aromatic carbocycles. The van der Waals surface area contributed by atoms with Crippen LogP contribution in [0.15, 0.2) is 12.2 Å². The molecule has 5 heteroatoms. The summed E-state index contributed by atoms with van der Waals surface area (Å²) in [5, 5.41) is 2.88. The Morgan fingerprint density at radius 3 is 2.89 bits per heavy atom. The van der Waals surface area contributed by atoms with Crippen LogP contribution >= 0.6 is 0 Å².